The van der Waals surface area contributed by atoms with Gasteiger partial charge in [-0.05, 0) is 59.2 Å². The first-order chi connectivity index (χ1) is 16.5. The molecule has 0 amide bonds. The van der Waals surface area contributed by atoms with E-state index in [2.05, 4.69) is 9.88 Å². The van der Waals surface area contributed by atoms with Gasteiger partial charge in [-0.2, -0.15) is 4.31 Å². The van der Waals surface area contributed by atoms with E-state index in [1.54, 1.807) is 10.5 Å². The molecular formula is C26H23Cl2N3O2S. The lowest BCUT2D eigenvalue weighted by Crippen LogP contribution is -2.60. The van der Waals surface area contributed by atoms with E-state index in [0.29, 0.717) is 29.7 Å². The third-order valence-electron chi connectivity index (χ3n) is 6.24. The van der Waals surface area contributed by atoms with Gasteiger partial charge in [-0.1, -0.05) is 59.6 Å². The second kappa shape index (κ2) is 10.1. The summed E-state index contributed by atoms with van der Waals surface area (Å²) in [5.41, 5.74) is 4.12. The molecule has 0 spiro atoms. The number of likely N-dealkylation sites (tertiary alicyclic amines) is 1. The summed E-state index contributed by atoms with van der Waals surface area (Å²) in [6.07, 6.45) is 1.76. The van der Waals surface area contributed by atoms with Crippen molar-refractivity contribution in [3.05, 3.63) is 112 Å². The molecule has 5 nitrogen and oxygen atoms in total. The van der Waals surface area contributed by atoms with Crippen LogP contribution in [0, 0.1) is 0 Å². The zero-order valence-corrected chi connectivity index (χ0v) is 20.5. The summed E-state index contributed by atoms with van der Waals surface area (Å²) in [5, 5.41) is 2.39. The van der Waals surface area contributed by atoms with Crippen molar-refractivity contribution < 1.29 is 8.76 Å². The number of hydrogen-bond acceptors (Lipinski definition) is 3. The summed E-state index contributed by atoms with van der Waals surface area (Å²) in [5.74, 6) is 0. The number of benzene rings is 3. The van der Waals surface area contributed by atoms with Crippen LogP contribution in [0.15, 0.2) is 85.1 Å². The van der Waals surface area contributed by atoms with E-state index in [1.165, 1.54) is 0 Å². The van der Waals surface area contributed by atoms with Crippen molar-refractivity contribution in [2.75, 3.05) is 13.1 Å². The van der Waals surface area contributed by atoms with Crippen LogP contribution in [0.25, 0.3) is 10.9 Å². The van der Waals surface area contributed by atoms with Gasteiger partial charge in [-0.25, -0.2) is 4.21 Å². The van der Waals surface area contributed by atoms with Gasteiger partial charge in [0.25, 0.3) is 0 Å². The molecule has 1 unspecified atom stereocenters. The van der Waals surface area contributed by atoms with Crippen molar-refractivity contribution in [1.29, 1.82) is 0 Å². The van der Waals surface area contributed by atoms with Gasteiger partial charge in [0, 0.05) is 41.3 Å². The van der Waals surface area contributed by atoms with Gasteiger partial charge in [-0.15, -0.1) is 0 Å². The molecule has 1 saturated heterocycles. The predicted octanol–water partition coefficient (Wildman–Crippen LogP) is 5.95. The van der Waals surface area contributed by atoms with Crippen molar-refractivity contribution in [3.8, 4) is 0 Å². The van der Waals surface area contributed by atoms with Gasteiger partial charge in [0.15, 0.2) is 0 Å². The Hall–Kier alpha value is -2.32. The molecular weight excluding hydrogens is 489 g/mol. The second-order valence-electron chi connectivity index (χ2n) is 8.45. The highest BCUT2D eigenvalue weighted by Gasteiger charge is 2.39. The van der Waals surface area contributed by atoms with Crippen LogP contribution in [0.5, 0.6) is 0 Å². The van der Waals surface area contributed by atoms with Gasteiger partial charge in [-0.3, -0.25) is 14.4 Å². The van der Waals surface area contributed by atoms with Crippen LogP contribution in [-0.4, -0.2) is 42.1 Å². The highest BCUT2D eigenvalue weighted by atomic mass is 35.5. The number of fused-ring (bicyclic) bond motifs is 1. The first-order valence-corrected chi connectivity index (χ1v) is 12.8. The third-order valence-corrected chi connectivity index (χ3v) is 7.57. The molecule has 8 heteroatoms. The molecule has 1 aliphatic rings. The van der Waals surface area contributed by atoms with E-state index in [4.69, 9.17) is 23.2 Å². The Morgan fingerprint density at radius 1 is 0.971 bits per heavy atom. The van der Waals surface area contributed by atoms with Crippen LogP contribution in [0.4, 0.5) is 0 Å². The van der Waals surface area contributed by atoms with Crippen molar-refractivity contribution in [2.24, 2.45) is 0 Å². The lowest BCUT2D eigenvalue weighted by atomic mass is 9.93. The summed E-state index contributed by atoms with van der Waals surface area (Å²) < 4.78 is 24.0. The lowest BCUT2D eigenvalue weighted by Gasteiger charge is -2.47. The molecule has 0 bridgehead atoms. The summed E-state index contributed by atoms with van der Waals surface area (Å²) in [4.78, 5) is 6.66. The van der Waals surface area contributed by atoms with Crippen LogP contribution in [0.3, 0.4) is 0 Å². The Bertz CT molecular complexity index is 1270. The first-order valence-electron chi connectivity index (χ1n) is 10.9. The second-order valence-corrected chi connectivity index (χ2v) is 10.3. The maximum Gasteiger partial charge on any atom is 0.235 e. The number of hydrogen-bond donors (Lipinski definition) is 1. The van der Waals surface area contributed by atoms with Crippen molar-refractivity contribution in [2.45, 2.75) is 18.6 Å². The highest BCUT2D eigenvalue weighted by molar-refractivity contribution is 7.76. The predicted molar refractivity (Wildman–Crippen MR) is 138 cm³/mol. The number of rotatable bonds is 7. The SMILES string of the molecule is O=S(O)N(Cc1ccc2ncccc2c1)C1CN(C(c2ccc(Cl)cc2)c2ccc(Cl)cc2)C1. The molecule has 5 rings (SSSR count). The number of aromatic nitrogens is 1. The molecule has 1 N–H and O–H groups in total. The molecule has 2 heterocycles. The largest absolute Gasteiger partial charge is 0.294 e. The molecule has 0 aliphatic carbocycles. The van der Waals surface area contributed by atoms with Crippen molar-refractivity contribution in [1.82, 2.24) is 14.2 Å². The molecule has 34 heavy (non-hydrogen) atoms. The minimum absolute atomic E-state index is 0.00602. The van der Waals surface area contributed by atoms with E-state index >= 15 is 0 Å². The van der Waals surface area contributed by atoms with Crippen LogP contribution >= 0.6 is 23.2 Å². The molecule has 4 aromatic rings. The quantitative estimate of drug-likeness (QED) is 0.311. The van der Waals surface area contributed by atoms with Crippen molar-refractivity contribution in [3.63, 3.8) is 0 Å². The number of halogens is 2. The Labute approximate surface area is 211 Å². The molecule has 0 radical (unpaired) electrons. The van der Waals surface area contributed by atoms with E-state index in [9.17, 15) is 8.76 Å². The molecule has 0 saturated carbocycles. The smallest absolute Gasteiger partial charge is 0.235 e. The molecule has 3 aromatic carbocycles. The number of pyridine rings is 1. The van der Waals surface area contributed by atoms with E-state index in [-0.39, 0.29) is 12.1 Å². The molecule has 174 valence electrons. The minimum Gasteiger partial charge on any atom is -0.294 e. The Balaban J connectivity index is 1.35. The van der Waals surface area contributed by atoms with Crippen LogP contribution in [0.1, 0.15) is 22.7 Å². The monoisotopic (exact) mass is 511 g/mol. The maximum atomic E-state index is 12.3. The average molecular weight is 512 g/mol. The van der Waals surface area contributed by atoms with Gasteiger partial charge in [0.1, 0.15) is 0 Å². The first kappa shape index (κ1) is 23.4. The van der Waals surface area contributed by atoms with Crippen molar-refractivity contribution >= 4 is 45.4 Å². The van der Waals surface area contributed by atoms with Crippen LogP contribution in [0.2, 0.25) is 10.0 Å². The minimum atomic E-state index is -2.08. The van der Waals surface area contributed by atoms with Crippen LogP contribution in [-0.2, 0) is 17.8 Å². The topological polar surface area (TPSA) is 56.7 Å². The zero-order chi connectivity index (χ0) is 23.7. The summed E-state index contributed by atoms with van der Waals surface area (Å²) >= 11 is 10.2. The molecule has 1 aliphatic heterocycles. The van der Waals surface area contributed by atoms with Crippen LogP contribution < -0.4 is 0 Å². The van der Waals surface area contributed by atoms with E-state index < -0.39 is 11.3 Å². The van der Waals surface area contributed by atoms with E-state index in [0.717, 1.165) is 27.6 Å². The molecule has 1 atom stereocenters. The van der Waals surface area contributed by atoms with E-state index in [1.807, 2.05) is 78.9 Å². The number of nitrogens with zero attached hydrogens (tertiary/aromatic N) is 3. The average Bonchev–Trinajstić information content (AvgIpc) is 2.81. The molecule has 1 aromatic heterocycles. The highest BCUT2D eigenvalue weighted by Crippen LogP contribution is 2.35. The Kier molecular flexibility index (Phi) is 6.97. The Morgan fingerprint density at radius 2 is 1.59 bits per heavy atom. The van der Waals surface area contributed by atoms with Gasteiger partial charge >= 0.3 is 0 Å². The summed E-state index contributed by atoms with van der Waals surface area (Å²) in [6, 6.07) is 25.5. The zero-order valence-electron chi connectivity index (χ0n) is 18.2. The summed E-state index contributed by atoms with van der Waals surface area (Å²) in [7, 11) is 0. The third kappa shape index (κ3) is 5.03. The molecule has 1 fully saturated rings. The maximum absolute atomic E-state index is 12.3. The fourth-order valence-corrected chi connectivity index (χ4v) is 5.40. The van der Waals surface area contributed by atoms with Gasteiger partial charge in [0.2, 0.25) is 11.3 Å². The standard InChI is InChI=1S/C26H23Cl2N3O2S/c27-22-8-4-19(5-9-22)26(20-6-10-23(28)11-7-20)30-16-24(17-30)31(34(32)33)15-18-3-12-25-21(14-18)2-1-13-29-25/h1-14,24,26H,15-17H2,(H,32,33). The fraction of sp³-hybridized carbons (Fsp3) is 0.192. The summed E-state index contributed by atoms with van der Waals surface area (Å²) in [6.45, 7) is 1.72. The van der Waals surface area contributed by atoms with Gasteiger partial charge in [0.05, 0.1) is 17.6 Å². The Morgan fingerprint density at radius 3 is 2.18 bits per heavy atom. The normalized spacial score (nSPS) is 15.7. The fourth-order valence-electron chi connectivity index (χ4n) is 4.50. The van der Waals surface area contributed by atoms with Gasteiger partial charge < -0.3 is 0 Å². The lowest BCUT2D eigenvalue weighted by molar-refractivity contribution is 0.0498.